The summed E-state index contributed by atoms with van der Waals surface area (Å²) in [4.78, 5) is 4.61. The van der Waals surface area contributed by atoms with Gasteiger partial charge in [-0.05, 0) is 32.6 Å². The van der Waals surface area contributed by atoms with Crippen molar-refractivity contribution in [1.29, 1.82) is 0 Å². The molecule has 1 aromatic heterocycles. The van der Waals surface area contributed by atoms with Gasteiger partial charge in [0.2, 0.25) is 5.95 Å². The first-order chi connectivity index (χ1) is 8.83. The standard InChI is InChI=1S/C14H23N3O/c1-11-10-17(12-5-2-3-6-12)14(16-11)15-9-13-7-4-8-18-13/h10,12-13H,2-9H2,1H3,(H,15,16). The molecule has 1 saturated carbocycles. The van der Waals surface area contributed by atoms with Crippen molar-refractivity contribution in [3.8, 4) is 0 Å². The van der Waals surface area contributed by atoms with E-state index in [9.17, 15) is 0 Å². The van der Waals surface area contributed by atoms with Gasteiger partial charge in [0, 0.05) is 25.4 Å². The van der Waals surface area contributed by atoms with Gasteiger partial charge >= 0.3 is 0 Å². The molecule has 2 fully saturated rings. The third-order valence-corrected chi connectivity index (χ3v) is 4.08. The number of aryl methyl sites for hydroxylation is 1. The summed E-state index contributed by atoms with van der Waals surface area (Å²) in [5, 5.41) is 3.48. The number of aromatic nitrogens is 2. The molecule has 0 bridgehead atoms. The van der Waals surface area contributed by atoms with Crippen LogP contribution in [0.3, 0.4) is 0 Å². The van der Waals surface area contributed by atoms with Crippen LogP contribution in [-0.4, -0.2) is 28.8 Å². The Morgan fingerprint density at radius 2 is 2.17 bits per heavy atom. The van der Waals surface area contributed by atoms with E-state index < -0.39 is 0 Å². The van der Waals surface area contributed by atoms with Crippen molar-refractivity contribution in [2.24, 2.45) is 0 Å². The average molecular weight is 249 g/mol. The average Bonchev–Trinajstić information content (AvgIpc) is 3.08. The highest BCUT2D eigenvalue weighted by molar-refractivity contribution is 5.30. The van der Waals surface area contributed by atoms with E-state index in [0.717, 1.165) is 24.8 Å². The number of hydrogen-bond acceptors (Lipinski definition) is 3. The number of ether oxygens (including phenoxy) is 1. The Bertz CT molecular complexity index is 390. The second-order valence-corrected chi connectivity index (χ2v) is 5.57. The van der Waals surface area contributed by atoms with Crippen LogP contribution in [0.25, 0.3) is 0 Å². The first-order valence-corrected chi connectivity index (χ1v) is 7.24. The number of nitrogens with one attached hydrogen (secondary N) is 1. The summed E-state index contributed by atoms with van der Waals surface area (Å²) in [6.45, 7) is 3.88. The van der Waals surface area contributed by atoms with Crippen LogP contribution in [-0.2, 0) is 4.74 Å². The zero-order valence-corrected chi connectivity index (χ0v) is 11.2. The third kappa shape index (κ3) is 2.53. The molecular weight excluding hydrogens is 226 g/mol. The Kier molecular flexibility index (Phi) is 3.55. The molecule has 1 saturated heterocycles. The molecule has 1 unspecified atom stereocenters. The maximum absolute atomic E-state index is 5.65. The Labute approximate surface area is 109 Å². The Morgan fingerprint density at radius 3 is 2.89 bits per heavy atom. The van der Waals surface area contributed by atoms with Gasteiger partial charge in [-0.2, -0.15) is 0 Å². The summed E-state index contributed by atoms with van der Waals surface area (Å²) in [5.41, 5.74) is 1.11. The molecule has 4 heteroatoms. The zero-order chi connectivity index (χ0) is 12.4. The fourth-order valence-corrected chi connectivity index (χ4v) is 3.12. The topological polar surface area (TPSA) is 39.1 Å². The summed E-state index contributed by atoms with van der Waals surface area (Å²) in [6, 6.07) is 0.651. The largest absolute Gasteiger partial charge is 0.376 e. The monoisotopic (exact) mass is 249 g/mol. The highest BCUT2D eigenvalue weighted by atomic mass is 16.5. The maximum atomic E-state index is 5.65. The SMILES string of the molecule is Cc1cn(C2CCCC2)c(NCC2CCCO2)n1. The fraction of sp³-hybridized carbons (Fsp3) is 0.786. The highest BCUT2D eigenvalue weighted by Gasteiger charge is 2.21. The van der Waals surface area contributed by atoms with E-state index in [1.54, 1.807) is 0 Å². The van der Waals surface area contributed by atoms with Crippen LogP contribution >= 0.6 is 0 Å². The van der Waals surface area contributed by atoms with Crippen molar-refractivity contribution >= 4 is 5.95 Å². The van der Waals surface area contributed by atoms with Crippen molar-refractivity contribution < 1.29 is 4.74 Å². The van der Waals surface area contributed by atoms with Crippen LogP contribution in [0.1, 0.15) is 50.3 Å². The van der Waals surface area contributed by atoms with Gasteiger partial charge in [-0.1, -0.05) is 12.8 Å². The Balaban J connectivity index is 1.66. The minimum atomic E-state index is 0.374. The normalized spacial score (nSPS) is 24.8. The second kappa shape index (κ2) is 5.31. The minimum absolute atomic E-state index is 0.374. The quantitative estimate of drug-likeness (QED) is 0.891. The van der Waals surface area contributed by atoms with Crippen LogP contribution < -0.4 is 5.32 Å². The molecule has 1 atom stereocenters. The first kappa shape index (κ1) is 12.0. The van der Waals surface area contributed by atoms with E-state index in [2.05, 4.69) is 28.0 Å². The number of rotatable bonds is 4. The smallest absolute Gasteiger partial charge is 0.203 e. The molecular formula is C14H23N3O. The molecule has 2 aliphatic rings. The molecule has 18 heavy (non-hydrogen) atoms. The van der Waals surface area contributed by atoms with Gasteiger partial charge in [-0.3, -0.25) is 0 Å². The van der Waals surface area contributed by atoms with Crippen molar-refractivity contribution in [3.63, 3.8) is 0 Å². The second-order valence-electron chi connectivity index (χ2n) is 5.57. The molecule has 3 rings (SSSR count). The number of hydrogen-bond donors (Lipinski definition) is 1. The molecule has 1 N–H and O–H groups in total. The van der Waals surface area contributed by atoms with Gasteiger partial charge in [0.25, 0.3) is 0 Å². The lowest BCUT2D eigenvalue weighted by Crippen LogP contribution is -2.21. The lowest BCUT2D eigenvalue weighted by atomic mass is 10.2. The minimum Gasteiger partial charge on any atom is -0.376 e. The van der Waals surface area contributed by atoms with Gasteiger partial charge in [0.05, 0.1) is 11.8 Å². The van der Waals surface area contributed by atoms with Gasteiger partial charge < -0.3 is 14.6 Å². The molecule has 0 spiro atoms. The summed E-state index contributed by atoms with van der Waals surface area (Å²) in [5.74, 6) is 1.04. The van der Waals surface area contributed by atoms with Crippen molar-refractivity contribution in [3.05, 3.63) is 11.9 Å². The predicted molar refractivity (Wildman–Crippen MR) is 71.9 cm³/mol. The van der Waals surface area contributed by atoms with E-state index in [-0.39, 0.29) is 0 Å². The molecule has 1 aliphatic heterocycles. The molecule has 100 valence electrons. The Hall–Kier alpha value is -1.03. The lowest BCUT2D eigenvalue weighted by Gasteiger charge is -2.17. The molecule has 0 amide bonds. The number of anilines is 1. The van der Waals surface area contributed by atoms with Crippen LogP contribution in [0.5, 0.6) is 0 Å². The van der Waals surface area contributed by atoms with Gasteiger partial charge in [-0.25, -0.2) is 4.98 Å². The van der Waals surface area contributed by atoms with Gasteiger partial charge in [0.15, 0.2) is 0 Å². The summed E-state index contributed by atoms with van der Waals surface area (Å²) >= 11 is 0. The molecule has 4 nitrogen and oxygen atoms in total. The number of nitrogens with zero attached hydrogens (tertiary/aromatic N) is 2. The van der Waals surface area contributed by atoms with E-state index in [0.29, 0.717) is 12.1 Å². The van der Waals surface area contributed by atoms with E-state index in [1.807, 2.05) is 0 Å². The van der Waals surface area contributed by atoms with Crippen molar-refractivity contribution in [2.75, 3.05) is 18.5 Å². The van der Waals surface area contributed by atoms with Crippen LogP contribution in [0, 0.1) is 6.92 Å². The van der Waals surface area contributed by atoms with Crippen LogP contribution in [0.15, 0.2) is 6.20 Å². The van der Waals surface area contributed by atoms with Gasteiger partial charge in [-0.15, -0.1) is 0 Å². The lowest BCUT2D eigenvalue weighted by molar-refractivity contribution is 0.120. The van der Waals surface area contributed by atoms with Crippen molar-refractivity contribution in [2.45, 2.75) is 57.6 Å². The number of imidazole rings is 1. The molecule has 0 radical (unpaired) electrons. The fourth-order valence-electron chi connectivity index (χ4n) is 3.12. The molecule has 2 heterocycles. The predicted octanol–water partition coefficient (Wildman–Crippen LogP) is 2.90. The zero-order valence-electron chi connectivity index (χ0n) is 11.2. The van der Waals surface area contributed by atoms with Crippen LogP contribution in [0.2, 0.25) is 0 Å². The third-order valence-electron chi connectivity index (χ3n) is 4.08. The highest BCUT2D eigenvalue weighted by Crippen LogP contribution is 2.32. The summed E-state index contributed by atoms with van der Waals surface area (Å²) < 4.78 is 7.99. The van der Waals surface area contributed by atoms with E-state index in [1.165, 1.54) is 38.5 Å². The van der Waals surface area contributed by atoms with Gasteiger partial charge in [0.1, 0.15) is 0 Å². The van der Waals surface area contributed by atoms with Crippen molar-refractivity contribution in [1.82, 2.24) is 9.55 Å². The first-order valence-electron chi connectivity index (χ1n) is 7.24. The summed E-state index contributed by atoms with van der Waals surface area (Å²) in [7, 11) is 0. The maximum Gasteiger partial charge on any atom is 0.203 e. The molecule has 1 aromatic rings. The molecule has 1 aliphatic carbocycles. The van der Waals surface area contributed by atoms with Crippen LogP contribution in [0.4, 0.5) is 5.95 Å². The van der Waals surface area contributed by atoms with E-state index >= 15 is 0 Å². The summed E-state index contributed by atoms with van der Waals surface area (Å²) in [6.07, 6.45) is 10.2. The molecule has 0 aromatic carbocycles. The Morgan fingerprint density at radius 1 is 1.33 bits per heavy atom. The van der Waals surface area contributed by atoms with E-state index in [4.69, 9.17) is 4.74 Å².